The van der Waals surface area contributed by atoms with Crippen molar-refractivity contribution in [2.24, 2.45) is 0 Å². The Hall–Kier alpha value is -8.00. The first-order valence-electron chi connectivity index (χ1n) is 24.2. The van der Waals surface area contributed by atoms with Crippen LogP contribution in [0.15, 0.2) is 224 Å². The molecule has 1 nitrogen and oxygen atoms in total. The average molecular weight is 868 g/mol. The topological polar surface area (TPSA) is 3.24 Å². The molecule has 0 fully saturated rings. The van der Waals surface area contributed by atoms with Crippen LogP contribution in [0.4, 0.5) is 17.1 Å². The van der Waals surface area contributed by atoms with Crippen molar-refractivity contribution in [1.29, 1.82) is 0 Å². The molecular formula is C67H49N. The van der Waals surface area contributed by atoms with Crippen LogP contribution in [0.5, 0.6) is 0 Å². The van der Waals surface area contributed by atoms with Crippen LogP contribution in [-0.4, -0.2) is 0 Å². The number of anilines is 3. The lowest BCUT2D eigenvalue weighted by Gasteiger charge is -2.32. The smallest absolute Gasteiger partial charge is 0.0726 e. The van der Waals surface area contributed by atoms with Crippen molar-refractivity contribution >= 4 is 17.1 Å². The lowest BCUT2D eigenvalue weighted by atomic mass is 9.70. The van der Waals surface area contributed by atoms with Crippen LogP contribution in [0.1, 0.15) is 72.2 Å². The highest BCUT2D eigenvalue weighted by Gasteiger charge is 2.52. The van der Waals surface area contributed by atoms with Gasteiger partial charge in [0.2, 0.25) is 0 Å². The molecule has 0 radical (unpaired) electrons. The summed E-state index contributed by atoms with van der Waals surface area (Å²) in [6.45, 7) is 9.50. The Kier molecular flexibility index (Phi) is 8.08. The van der Waals surface area contributed by atoms with E-state index < -0.39 is 5.41 Å². The molecule has 0 saturated carbocycles. The molecular weight excluding hydrogens is 819 g/mol. The van der Waals surface area contributed by atoms with Gasteiger partial charge in [0.1, 0.15) is 0 Å². The van der Waals surface area contributed by atoms with Crippen LogP contribution in [0, 0.1) is 0 Å². The Morgan fingerprint density at radius 1 is 0.265 bits per heavy atom. The van der Waals surface area contributed by atoms with Crippen molar-refractivity contribution in [1.82, 2.24) is 0 Å². The molecule has 10 aromatic rings. The fourth-order valence-corrected chi connectivity index (χ4v) is 13.1. The minimum absolute atomic E-state index is 0.0650. The Morgan fingerprint density at radius 3 is 1.31 bits per heavy atom. The molecule has 0 aromatic heterocycles. The predicted molar refractivity (Wildman–Crippen MR) is 283 cm³/mol. The third kappa shape index (κ3) is 5.17. The molecule has 0 saturated heterocycles. The summed E-state index contributed by atoms with van der Waals surface area (Å²) in [5, 5.41) is 0. The number of hydrogen-bond donors (Lipinski definition) is 0. The van der Waals surface area contributed by atoms with Crippen LogP contribution in [-0.2, 0) is 16.2 Å². The second kappa shape index (κ2) is 14.0. The van der Waals surface area contributed by atoms with Crippen molar-refractivity contribution in [2.45, 2.75) is 43.9 Å². The molecule has 68 heavy (non-hydrogen) atoms. The Morgan fingerprint density at radius 2 is 0.676 bits per heavy atom. The molecule has 14 rings (SSSR count). The van der Waals surface area contributed by atoms with E-state index in [4.69, 9.17) is 0 Å². The minimum Gasteiger partial charge on any atom is -0.310 e. The number of hydrogen-bond acceptors (Lipinski definition) is 1. The van der Waals surface area contributed by atoms with E-state index >= 15 is 0 Å². The number of rotatable bonds is 5. The molecule has 4 aliphatic carbocycles. The highest BCUT2D eigenvalue weighted by Crippen LogP contribution is 2.65. The van der Waals surface area contributed by atoms with E-state index in [1.54, 1.807) is 0 Å². The zero-order chi connectivity index (χ0) is 45.5. The molecule has 4 aliphatic rings. The Labute approximate surface area is 399 Å². The molecule has 0 bridgehead atoms. The van der Waals surface area contributed by atoms with Crippen molar-refractivity contribution in [3.63, 3.8) is 0 Å². The Balaban J connectivity index is 0.984. The summed E-state index contributed by atoms with van der Waals surface area (Å²) in [5.74, 6) is 0. The van der Waals surface area contributed by atoms with E-state index in [9.17, 15) is 0 Å². The summed E-state index contributed by atoms with van der Waals surface area (Å²) in [6, 6.07) is 85.0. The average Bonchev–Trinajstić information content (AvgIpc) is 4.02. The third-order valence-electron chi connectivity index (χ3n) is 16.3. The Bertz CT molecular complexity index is 3740. The van der Waals surface area contributed by atoms with Gasteiger partial charge in [-0.15, -0.1) is 0 Å². The quantitative estimate of drug-likeness (QED) is 0.167. The van der Waals surface area contributed by atoms with Crippen LogP contribution in [0.25, 0.3) is 66.8 Å². The van der Waals surface area contributed by atoms with E-state index in [0.717, 1.165) is 11.4 Å². The minimum atomic E-state index is -0.503. The van der Waals surface area contributed by atoms with Gasteiger partial charge in [0, 0.05) is 27.8 Å². The predicted octanol–water partition coefficient (Wildman–Crippen LogP) is 17.4. The van der Waals surface area contributed by atoms with Crippen LogP contribution in [0.2, 0.25) is 0 Å². The second-order valence-electron chi connectivity index (χ2n) is 20.4. The van der Waals surface area contributed by atoms with Crippen molar-refractivity contribution in [3.05, 3.63) is 269 Å². The highest BCUT2D eigenvalue weighted by atomic mass is 15.1. The summed E-state index contributed by atoms with van der Waals surface area (Å²) >= 11 is 0. The van der Waals surface area contributed by atoms with E-state index in [-0.39, 0.29) is 10.8 Å². The second-order valence-corrected chi connectivity index (χ2v) is 20.4. The zero-order valence-electron chi connectivity index (χ0n) is 38.8. The van der Waals surface area contributed by atoms with Gasteiger partial charge < -0.3 is 4.90 Å². The molecule has 0 N–H and O–H groups in total. The molecule has 1 spiro atoms. The van der Waals surface area contributed by atoms with Crippen LogP contribution < -0.4 is 4.90 Å². The first-order chi connectivity index (χ1) is 33.2. The summed E-state index contributed by atoms with van der Waals surface area (Å²) in [4.78, 5) is 2.54. The van der Waals surface area contributed by atoms with E-state index in [0.29, 0.717) is 0 Å². The first-order valence-corrected chi connectivity index (χ1v) is 24.2. The van der Waals surface area contributed by atoms with Gasteiger partial charge >= 0.3 is 0 Å². The van der Waals surface area contributed by atoms with E-state index in [1.807, 2.05) is 0 Å². The summed E-state index contributed by atoms with van der Waals surface area (Å²) in [6.07, 6.45) is 0. The summed E-state index contributed by atoms with van der Waals surface area (Å²) < 4.78 is 0. The molecule has 322 valence electrons. The zero-order valence-corrected chi connectivity index (χ0v) is 38.8. The van der Waals surface area contributed by atoms with Crippen molar-refractivity contribution in [2.75, 3.05) is 4.90 Å². The molecule has 0 heterocycles. The van der Waals surface area contributed by atoms with Gasteiger partial charge in [-0.05, 0) is 148 Å². The monoisotopic (exact) mass is 867 g/mol. The summed E-state index contributed by atoms with van der Waals surface area (Å²) in [7, 11) is 0. The molecule has 0 aliphatic heterocycles. The summed E-state index contributed by atoms with van der Waals surface area (Å²) in [5.41, 5.74) is 29.1. The maximum absolute atomic E-state index is 2.54. The van der Waals surface area contributed by atoms with Gasteiger partial charge in [0.05, 0.1) is 11.1 Å². The van der Waals surface area contributed by atoms with Gasteiger partial charge in [-0.2, -0.15) is 0 Å². The maximum Gasteiger partial charge on any atom is 0.0726 e. The maximum atomic E-state index is 2.54. The lowest BCUT2D eigenvalue weighted by Crippen LogP contribution is -2.26. The van der Waals surface area contributed by atoms with Gasteiger partial charge in [0.25, 0.3) is 0 Å². The fourth-order valence-electron chi connectivity index (χ4n) is 13.1. The van der Waals surface area contributed by atoms with Crippen LogP contribution >= 0.6 is 0 Å². The SMILES string of the molecule is CC1(C)c2ccccc2-c2ccc(-c3ccc(N(c4ccc5c(c4)C(C)(C)c4ccccc4-5)c4cccc5c4-c4ccccc4C54c5ccccc5-c5ccc(-c6ccccc6)cc54)cc3)cc21. The lowest BCUT2D eigenvalue weighted by molar-refractivity contribution is 0.660. The largest absolute Gasteiger partial charge is 0.310 e. The van der Waals surface area contributed by atoms with Crippen molar-refractivity contribution < 1.29 is 0 Å². The van der Waals surface area contributed by atoms with Gasteiger partial charge in [-0.1, -0.05) is 210 Å². The number of nitrogens with zero attached hydrogens (tertiary/aromatic N) is 1. The first kappa shape index (κ1) is 39.2. The fraction of sp³-hybridized carbons (Fsp3) is 0.104. The van der Waals surface area contributed by atoms with Crippen molar-refractivity contribution in [3.8, 4) is 66.8 Å². The molecule has 1 heteroatoms. The van der Waals surface area contributed by atoms with Crippen LogP contribution in [0.3, 0.4) is 0 Å². The van der Waals surface area contributed by atoms with Gasteiger partial charge in [0.15, 0.2) is 0 Å². The standard InChI is InChI=1S/C67H49N/c1-65(2)55-23-12-8-19-48(55)51-36-31-44(39-60(51)65)43-29-33-46(34-30-43)68(47-35-38-52-49-20-9-13-24-56(49)66(3,4)61(52)41-47)63-28-16-27-59-64(63)54-22-11-15-26-58(54)67(59)57-25-14-10-21-50(57)53-37-32-45(40-62(53)67)42-17-6-5-7-18-42/h5-41H,1-4H3. The molecule has 10 aromatic carbocycles. The highest BCUT2D eigenvalue weighted by molar-refractivity contribution is 6.02. The van der Waals surface area contributed by atoms with E-state index in [1.165, 1.54) is 117 Å². The third-order valence-corrected chi connectivity index (χ3v) is 16.3. The molecule has 0 amide bonds. The molecule has 1 unspecified atom stereocenters. The normalized spacial score (nSPS) is 16.5. The van der Waals surface area contributed by atoms with E-state index in [2.05, 4.69) is 257 Å². The molecule has 1 atom stereocenters. The number of benzene rings is 10. The number of fused-ring (bicyclic) bond motifs is 16. The van der Waals surface area contributed by atoms with Gasteiger partial charge in [-0.25, -0.2) is 0 Å². The van der Waals surface area contributed by atoms with Gasteiger partial charge in [-0.3, -0.25) is 0 Å².